The number of ether oxygens (including phenoxy) is 1. The number of aromatic hydroxyl groups is 1. The molecule has 7 nitrogen and oxygen atoms in total. The Balaban J connectivity index is 1.31. The molecule has 41 heavy (non-hydrogen) atoms. The van der Waals surface area contributed by atoms with Crippen LogP contribution < -0.4 is 0 Å². The first-order valence-electron chi connectivity index (χ1n) is 14.8. The van der Waals surface area contributed by atoms with Gasteiger partial charge in [-0.15, -0.1) is 0 Å². The number of carboxylic acids is 1. The van der Waals surface area contributed by atoms with Crippen molar-refractivity contribution in [1.29, 1.82) is 0 Å². The van der Waals surface area contributed by atoms with Gasteiger partial charge in [-0.05, 0) is 72.9 Å². The smallest absolute Gasteiger partial charge is 0.303 e. The van der Waals surface area contributed by atoms with Crippen LogP contribution >= 0.6 is 0 Å². The lowest BCUT2D eigenvalue weighted by Gasteiger charge is -2.31. The molecule has 0 unspecified atom stereocenters. The molecule has 2 aromatic carbocycles. The molecule has 2 aliphatic heterocycles. The summed E-state index contributed by atoms with van der Waals surface area (Å²) in [4.78, 5) is 39.1. The quantitative estimate of drug-likeness (QED) is 0.142. The zero-order chi connectivity index (χ0) is 28.9. The fraction of sp³-hybridized carbons (Fsp3) is 0.441. The van der Waals surface area contributed by atoms with Crippen molar-refractivity contribution < 1.29 is 29.3 Å². The monoisotopic (exact) mass is 557 g/mol. The molecule has 7 heteroatoms. The molecule has 0 spiro atoms. The highest BCUT2D eigenvalue weighted by Crippen LogP contribution is 2.50. The number of amides is 2. The summed E-state index contributed by atoms with van der Waals surface area (Å²) in [6.07, 6.45) is 7.04. The first kappa shape index (κ1) is 28.8. The predicted molar refractivity (Wildman–Crippen MR) is 157 cm³/mol. The highest BCUT2D eigenvalue weighted by Gasteiger charge is 2.56. The normalized spacial score (nSPS) is 24.1. The van der Waals surface area contributed by atoms with E-state index >= 15 is 0 Å². The number of allylic oxidation sites excluding steroid dienone is 2. The Labute approximate surface area is 241 Å². The Morgan fingerprint density at radius 2 is 1.73 bits per heavy atom. The number of phenolic OH excluding ortho intramolecular Hbond substituents is 1. The fourth-order valence-corrected chi connectivity index (χ4v) is 6.83. The summed E-state index contributed by atoms with van der Waals surface area (Å²) < 4.78 is 6.39. The minimum Gasteiger partial charge on any atom is -0.508 e. The zero-order valence-electron chi connectivity index (χ0n) is 23.6. The molecule has 0 bridgehead atoms. The lowest BCUT2D eigenvalue weighted by Crippen LogP contribution is -2.34. The van der Waals surface area contributed by atoms with Crippen LogP contribution in [0.15, 0.2) is 65.7 Å². The number of carboxylic acid groups (broad SMARTS) is 1. The zero-order valence-corrected chi connectivity index (χ0v) is 23.6. The van der Waals surface area contributed by atoms with E-state index in [0.29, 0.717) is 38.8 Å². The molecule has 1 aliphatic carbocycles. The van der Waals surface area contributed by atoms with Crippen molar-refractivity contribution in [3.63, 3.8) is 0 Å². The molecule has 2 heterocycles. The van der Waals surface area contributed by atoms with Gasteiger partial charge in [-0.25, -0.2) is 0 Å². The molecule has 216 valence electrons. The first-order valence-corrected chi connectivity index (χ1v) is 14.8. The number of hydrogen-bond acceptors (Lipinski definition) is 5. The van der Waals surface area contributed by atoms with Gasteiger partial charge >= 0.3 is 5.97 Å². The molecule has 0 radical (unpaired) electrons. The lowest BCUT2D eigenvalue weighted by molar-refractivity contribution is -0.141. The maximum atomic E-state index is 13.6. The van der Waals surface area contributed by atoms with Crippen LogP contribution in [-0.2, 0) is 19.1 Å². The van der Waals surface area contributed by atoms with E-state index in [4.69, 9.17) is 9.84 Å². The molecule has 0 aromatic heterocycles. The summed E-state index contributed by atoms with van der Waals surface area (Å²) in [5.74, 6) is -1.49. The second-order valence-electron chi connectivity index (χ2n) is 11.4. The molecule has 2 aromatic rings. The van der Waals surface area contributed by atoms with Gasteiger partial charge in [0.05, 0.1) is 24.5 Å². The molecular formula is C34H39NO6. The number of likely N-dealkylation sites (tertiary alicyclic amines) is 1. The summed E-state index contributed by atoms with van der Waals surface area (Å²) >= 11 is 0. The number of imide groups is 1. The minimum absolute atomic E-state index is 0.0663. The van der Waals surface area contributed by atoms with Crippen LogP contribution in [0.4, 0.5) is 0 Å². The first-order chi connectivity index (χ1) is 19.9. The summed E-state index contributed by atoms with van der Waals surface area (Å²) in [7, 11) is 0. The van der Waals surface area contributed by atoms with Gasteiger partial charge in [0.2, 0.25) is 11.8 Å². The largest absolute Gasteiger partial charge is 0.508 e. The second-order valence-corrected chi connectivity index (χ2v) is 11.4. The third-order valence-electron chi connectivity index (χ3n) is 8.85. The number of carbonyl (C=O) groups excluding carboxylic acids is 2. The topological polar surface area (TPSA) is 104 Å². The number of phenols is 1. The van der Waals surface area contributed by atoms with Crippen LogP contribution in [0.3, 0.4) is 0 Å². The standard InChI is InChI=1S/C34H39NO6/c1-2-23-20-27-32(34(40)35(33(27)39)18-8-4-7-11-30(37)38)28-21-41-29(31(23)28)17-14-25(24-9-5-3-6-10-24)19-22-12-15-26(36)16-13-22/h3,5-6,9-10,12-13,15-16,19,27-29,32,36H,2,4,7-8,11,14,17-18,20-21H2,1H3,(H,37,38)/b25-19-/t27-,28+,29-,32-/m1/s1. The van der Waals surface area contributed by atoms with E-state index in [0.717, 1.165) is 30.4 Å². The third-order valence-corrected chi connectivity index (χ3v) is 8.85. The minimum atomic E-state index is -0.822. The van der Waals surface area contributed by atoms with Crippen LogP contribution in [0, 0.1) is 17.8 Å². The van der Waals surface area contributed by atoms with Crippen molar-refractivity contribution in [1.82, 2.24) is 4.90 Å². The molecule has 5 rings (SSSR count). The molecule has 2 saturated heterocycles. The molecule has 0 saturated carbocycles. The van der Waals surface area contributed by atoms with Gasteiger partial charge in [0.1, 0.15) is 5.75 Å². The number of carbonyl (C=O) groups is 3. The van der Waals surface area contributed by atoms with E-state index in [2.05, 4.69) is 25.1 Å². The van der Waals surface area contributed by atoms with Crippen molar-refractivity contribution in [3.05, 3.63) is 76.9 Å². The Kier molecular flexibility index (Phi) is 9.03. The van der Waals surface area contributed by atoms with Gasteiger partial charge in [-0.1, -0.05) is 67.5 Å². The summed E-state index contributed by atoms with van der Waals surface area (Å²) in [6, 6.07) is 17.5. The number of fused-ring (bicyclic) bond motifs is 3. The second kappa shape index (κ2) is 12.9. The number of unbranched alkanes of at least 4 members (excludes halogenated alkanes) is 2. The SMILES string of the molecule is CCC1=C2[C@@H](CC/C(=C/c3ccc(O)cc3)c3ccccc3)OC[C@@H]2[C@@H]2C(=O)N(CCCCCC(=O)O)C(=O)[C@@H]2C1. The predicted octanol–water partition coefficient (Wildman–Crippen LogP) is 6.08. The molecule has 2 fully saturated rings. The number of hydrogen-bond donors (Lipinski definition) is 2. The van der Waals surface area contributed by atoms with Gasteiger partial charge in [-0.3, -0.25) is 19.3 Å². The third kappa shape index (κ3) is 6.30. The van der Waals surface area contributed by atoms with E-state index < -0.39 is 5.97 Å². The maximum Gasteiger partial charge on any atom is 0.303 e. The van der Waals surface area contributed by atoms with Crippen LogP contribution in [0.5, 0.6) is 5.75 Å². The van der Waals surface area contributed by atoms with Crippen LogP contribution in [0.25, 0.3) is 11.6 Å². The van der Waals surface area contributed by atoms with Gasteiger partial charge in [0.15, 0.2) is 0 Å². The van der Waals surface area contributed by atoms with Gasteiger partial charge < -0.3 is 14.9 Å². The van der Waals surface area contributed by atoms with E-state index in [-0.39, 0.29) is 47.8 Å². The lowest BCUT2D eigenvalue weighted by atomic mass is 9.69. The average Bonchev–Trinajstić information content (AvgIpc) is 3.50. The molecule has 2 amide bonds. The van der Waals surface area contributed by atoms with E-state index in [1.807, 2.05) is 30.3 Å². The Hall–Kier alpha value is -3.71. The number of benzene rings is 2. The van der Waals surface area contributed by atoms with Crippen molar-refractivity contribution in [2.24, 2.45) is 17.8 Å². The van der Waals surface area contributed by atoms with Gasteiger partial charge in [0.25, 0.3) is 0 Å². The van der Waals surface area contributed by atoms with Crippen molar-refractivity contribution in [2.45, 2.75) is 64.4 Å². The number of aliphatic carboxylic acids is 1. The number of nitrogens with zero attached hydrogens (tertiary/aromatic N) is 1. The van der Waals surface area contributed by atoms with Crippen molar-refractivity contribution in [3.8, 4) is 5.75 Å². The molecular weight excluding hydrogens is 518 g/mol. The van der Waals surface area contributed by atoms with Crippen molar-refractivity contribution in [2.75, 3.05) is 13.2 Å². The molecule has 2 N–H and O–H groups in total. The summed E-state index contributed by atoms with van der Waals surface area (Å²) in [6.45, 7) is 2.94. The van der Waals surface area contributed by atoms with E-state index in [9.17, 15) is 19.5 Å². The maximum absolute atomic E-state index is 13.6. The molecule has 3 aliphatic rings. The van der Waals surface area contributed by atoms with E-state index in [1.54, 1.807) is 12.1 Å². The Morgan fingerprint density at radius 1 is 0.976 bits per heavy atom. The van der Waals surface area contributed by atoms with Crippen LogP contribution in [0.1, 0.15) is 69.4 Å². The van der Waals surface area contributed by atoms with Crippen LogP contribution in [0.2, 0.25) is 0 Å². The van der Waals surface area contributed by atoms with E-state index in [1.165, 1.54) is 21.6 Å². The molecule has 4 atom stereocenters. The Morgan fingerprint density at radius 3 is 2.44 bits per heavy atom. The van der Waals surface area contributed by atoms with Crippen LogP contribution in [-0.4, -0.2) is 52.2 Å². The highest BCUT2D eigenvalue weighted by molar-refractivity contribution is 6.06. The highest BCUT2D eigenvalue weighted by atomic mass is 16.5. The summed E-state index contributed by atoms with van der Waals surface area (Å²) in [5, 5.41) is 18.6. The fourth-order valence-electron chi connectivity index (χ4n) is 6.83. The average molecular weight is 558 g/mol. The van der Waals surface area contributed by atoms with Crippen molar-refractivity contribution >= 4 is 29.4 Å². The van der Waals surface area contributed by atoms with Gasteiger partial charge in [0, 0.05) is 18.9 Å². The Bertz CT molecular complexity index is 1330. The number of rotatable bonds is 12. The van der Waals surface area contributed by atoms with Gasteiger partial charge in [-0.2, -0.15) is 0 Å². The summed E-state index contributed by atoms with van der Waals surface area (Å²) in [5.41, 5.74) is 5.82.